The Morgan fingerprint density at radius 2 is 1.65 bits per heavy atom. The molecule has 6 aromatic rings. The number of nitrogens with zero attached hydrogens (tertiary/aromatic N) is 8. The largest absolute Gasteiger partial charge is 0.433 e. The summed E-state index contributed by atoms with van der Waals surface area (Å²) >= 11 is 0. The van der Waals surface area contributed by atoms with Crippen LogP contribution in [0.2, 0.25) is 0 Å². The zero-order valence-electron chi connectivity index (χ0n) is 23.7. The fraction of sp³-hybridized carbons (Fsp3) is 0.290. The molecule has 0 amide bonds. The molecule has 0 saturated carbocycles. The lowest BCUT2D eigenvalue weighted by Gasteiger charge is -2.32. The molecule has 9 nitrogen and oxygen atoms in total. The maximum atomic E-state index is 13.9. The number of pyridine rings is 2. The molecule has 5 heterocycles. The standard InChI is InChI=1S/C31H29F3N8O/c1-38-12-14-40(15-13-38)16-17-41-19-21-18-20(8-10-24(21)37-41)28-36-26-27(39(28)2)23-9-11-25(31(32,33)34)35-29(23)42(30(26)43)22-6-4-3-5-7-22/h3-11,18-19H,12-17H2,1-2H3. The van der Waals surface area contributed by atoms with Gasteiger partial charge in [-0.2, -0.15) is 18.3 Å². The zero-order chi connectivity index (χ0) is 29.9. The summed E-state index contributed by atoms with van der Waals surface area (Å²) in [6.45, 7) is 5.91. The van der Waals surface area contributed by atoms with Crippen molar-refractivity contribution in [3.63, 3.8) is 0 Å². The summed E-state index contributed by atoms with van der Waals surface area (Å²) in [6.07, 6.45) is -2.65. The lowest BCUT2D eigenvalue weighted by molar-refractivity contribution is -0.141. The van der Waals surface area contributed by atoms with Crippen molar-refractivity contribution in [2.24, 2.45) is 7.05 Å². The maximum Gasteiger partial charge on any atom is 0.433 e. The van der Waals surface area contributed by atoms with Gasteiger partial charge in [-0.05, 0) is 49.5 Å². The van der Waals surface area contributed by atoms with E-state index in [9.17, 15) is 18.0 Å². The minimum Gasteiger partial charge on any atom is -0.326 e. The van der Waals surface area contributed by atoms with Gasteiger partial charge >= 0.3 is 6.18 Å². The second kappa shape index (κ2) is 10.3. The lowest BCUT2D eigenvalue weighted by Crippen LogP contribution is -2.45. The number of aryl methyl sites for hydroxylation is 1. The third kappa shape index (κ3) is 4.86. The Kier molecular flexibility index (Phi) is 6.55. The van der Waals surface area contributed by atoms with Gasteiger partial charge in [-0.15, -0.1) is 0 Å². The van der Waals surface area contributed by atoms with Gasteiger partial charge in [0.25, 0.3) is 5.56 Å². The van der Waals surface area contributed by atoms with Gasteiger partial charge in [-0.25, -0.2) is 9.97 Å². The molecule has 43 heavy (non-hydrogen) atoms. The van der Waals surface area contributed by atoms with Crippen LogP contribution >= 0.6 is 0 Å². The van der Waals surface area contributed by atoms with Crippen molar-refractivity contribution >= 4 is 33.0 Å². The van der Waals surface area contributed by atoms with Crippen LogP contribution in [0.25, 0.3) is 50.0 Å². The molecule has 0 spiro atoms. The van der Waals surface area contributed by atoms with E-state index in [4.69, 9.17) is 10.1 Å². The molecular formula is C31H29F3N8O. The molecule has 1 aliphatic rings. The second-order valence-corrected chi connectivity index (χ2v) is 11.0. The molecule has 1 saturated heterocycles. The van der Waals surface area contributed by atoms with Crippen molar-refractivity contribution in [2.45, 2.75) is 12.7 Å². The molecule has 7 rings (SSSR count). The van der Waals surface area contributed by atoms with Gasteiger partial charge in [-0.1, -0.05) is 18.2 Å². The highest BCUT2D eigenvalue weighted by molar-refractivity contribution is 6.03. The molecule has 0 bridgehead atoms. The molecule has 2 aromatic carbocycles. The predicted molar refractivity (Wildman–Crippen MR) is 159 cm³/mol. The summed E-state index contributed by atoms with van der Waals surface area (Å²) in [7, 11) is 3.90. The van der Waals surface area contributed by atoms with E-state index in [0.717, 1.165) is 61.8 Å². The first-order chi connectivity index (χ1) is 20.7. The van der Waals surface area contributed by atoms with Crippen molar-refractivity contribution < 1.29 is 13.2 Å². The number of halogens is 3. The summed E-state index contributed by atoms with van der Waals surface area (Å²) in [6, 6.07) is 16.6. The van der Waals surface area contributed by atoms with Gasteiger partial charge in [0.1, 0.15) is 17.2 Å². The van der Waals surface area contributed by atoms with E-state index in [-0.39, 0.29) is 11.2 Å². The summed E-state index contributed by atoms with van der Waals surface area (Å²) in [5, 5.41) is 6.07. The number of imidazole rings is 1. The molecule has 220 valence electrons. The number of para-hydroxylation sites is 1. The van der Waals surface area contributed by atoms with Crippen molar-refractivity contribution in [3.05, 3.63) is 82.9 Å². The number of aromatic nitrogens is 6. The molecule has 0 atom stereocenters. The van der Waals surface area contributed by atoms with Gasteiger partial charge in [0, 0.05) is 62.3 Å². The Balaban J connectivity index is 1.32. The Bertz CT molecular complexity index is 2040. The van der Waals surface area contributed by atoms with Crippen molar-refractivity contribution in [3.8, 4) is 17.1 Å². The summed E-state index contributed by atoms with van der Waals surface area (Å²) in [4.78, 5) is 27.3. The number of alkyl halides is 3. The Labute approximate surface area is 244 Å². The van der Waals surface area contributed by atoms with Gasteiger partial charge in [0.15, 0.2) is 5.52 Å². The number of rotatable bonds is 5. The van der Waals surface area contributed by atoms with Gasteiger partial charge in [0.05, 0.1) is 23.3 Å². The summed E-state index contributed by atoms with van der Waals surface area (Å²) in [5.74, 6) is 0.520. The predicted octanol–water partition coefficient (Wildman–Crippen LogP) is 4.56. The average Bonchev–Trinajstić information content (AvgIpc) is 3.57. The third-order valence-corrected chi connectivity index (χ3v) is 8.20. The van der Waals surface area contributed by atoms with E-state index in [1.807, 2.05) is 29.1 Å². The minimum absolute atomic E-state index is 0.0786. The number of hydrogen-bond acceptors (Lipinski definition) is 6. The van der Waals surface area contributed by atoms with Crippen molar-refractivity contribution in [1.82, 2.24) is 38.7 Å². The number of piperazine rings is 1. The van der Waals surface area contributed by atoms with Gasteiger partial charge in [-0.3, -0.25) is 18.9 Å². The first kappa shape index (κ1) is 27.3. The first-order valence-corrected chi connectivity index (χ1v) is 14.1. The second-order valence-electron chi connectivity index (χ2n) is 11.0. The van der Waals surface area contributed by atoms with E-state index in [2.05, 4.69) is 21.8 Å². The molecule has 0 unspecified atom stereocenters. The van der Waals surface area contributed by atoms with Crippen LogP contribution in [0, 0.1) is 0 Å². The topological polar surface area (TPSA) is 77.0 Å². The van der Waals surface area contributed by atoms with Gasteiger partial charge < -0.3 is 9.47 Å². The van der Waals surface area contributed by atoms with Crippen LogP contribution < -0.4 is 5.56 Å². The fourth-order valence-electron chi connectivity index (χ4n) is 5.84. The first-order valence-electron chi connectivity index (χ1n) is 14.1. The lowest BCUT2D eigenvalue weighted by atomic mass is 10.1. The highest BCUT2D eigenvalue weighted by Crippen LogP contribution is 2.33. The Morgan fingerprint density at radius 3 is 2.40 bits per heavy atom. The van der Waals surface area contributed by atoms with Crippen LogP contribution in [0.15, 0.2) is 71.7 Å². The van der Waals surface area contributed by atoms with E-state index in [1.54, 1.807) is 41.9 Å². The molecule has 1 aliphatic heterocycles. The molecule has 1 fully saturated rings. The Morgan fingerprint density at radius 1 is 0.884 bits per heavy atom. The minimum atomic E-state index is -4.66. The highest BCUT2D eigenvalue weighted by Gasteiger charge is 2.33. The van der Waals surface area contributed by atoms with Crippen LogP contribution in [-0.2, 0) is 19.8 Å². The van der Waals surface area contributed by atoms with E-state index in [0.29, 0.717) is 22.4 Å². The van der Waals surface area contributed by atoms with Crippen molar-refractivity contribution in [2.75, 3.05) is 39.8 Å². The molecule has 0 aliphatic carbocycles. The molecular weight excluding hydrogens is 557 g/mol. The summed E-state index contributed by atoms with van der Waals surface area (Å²) in [5.41, 5.74) is 0.907. The number of likely N-dealkylation sites (N-methyl/N-ethyl adjacent to an activating group) is 1. The quantitative estimate of drug-likeness (QED) is 0.295. The average molecular weight is 587 g/mol. The van der Waals surface area contributed by atoms with Crippen LogP contribution in [-0.4, -0.2) is 78.5 Å². The molecule has 0 N–H and O–H groups in total. The number of benzene rings is 2. The number of hydrogen-bond donors (Lipinski definition) is 0. The SMILES string of the molecule is CN1CCN(CCn2cc3cc(-c4nc5c(=O)n(-c6ccccc6)c6nc(C(F)(F)F)ccc6c5n4C)ccc3n2)CC1. The fourth-order valence-corrected chi connectivity index (χ4v) is 5.84. The molecule has 4 aromatic heterocycles. The van der Waals surface area contributed by atoms with Crippen LogP contribution in [0.3, 0.4) is 0 Å². The zero-order valence-corrected chi connectivity index (χ0v) is 23.7. The molecule has 0 radical (unpaired) electrons. The van der Waals surface area contributed by atoms with E-state index < -0.39 is 17.4 Å². The maximum absolute atomic E-state index is 13.9. The monoisotopic (exact) mass is 586 g/mol. The Hall–Kier alpha value is -4.55. The number of fused-ring (bicyclic) bond motifs is 4. The summed E-state index contributed by atoms with van der Waals surface area (Å²) < 4.78 is 45.9. The van der Waals surface area contributed by atoms with E-state index >= 15 is 0 Å². The third-order valence-electron chi connectivity index (χ3n) is 8.20. The highest BCUT2D eigenvalue weighted by atomic mass is 19.4. The molecule has 12 heteroatoms. The van der Waals surface area contributed by atoms with E-state index in [1.165, 1.54) is 10.6 Å². The van der Waals surface area contributed by atoms with Gasteiger partial charge in [0.2, 0.25) is 0 Å². The smallest absolute Gasteiger partial charge is 0.326 e. The van der Waals surface area contributed by atoms with Crippen LogP contribution in [0.5, 0.6) is 0 Å². The van der Waals surface area contributed by atoms with Crippen LogP contribution in [0.4, 0.5) is 13.2 Å². The van der Waals surface area contributed by atoms with Crippen molar-refractivity contribution in [1.29, 1.82) is 0 Å². The normalized spacial score (nSPS) is 15.3. The van der Waals surface area contributed by atoms with Crippen LogP contribution in [0.1, 0.15) is 5.69 Å².